The number of carbonyl (C=O) groups excluding carboxylic acids is 1. The van der Waals surface area contributed by atoms with Gasteiger partial charge in [-0.2, -0.15) is 0 Å². The third-order valence-corrected chi connectivity index (χ3v) is 3.85. The molecule has 0 fully saturated rings. The van der Waals surface area contributed by atoms with Gasteiger partial charge >= 0.3 is 0 Å². The first-order valence-electron chi connectivity index (χ1n) is 7.35. The normalized spacial score (nSPS) is 10.3. The van der Waals surface area contributed by atoms with E-state index in [9.17, 15) is 4.79 Å². The molecular weight excluding hydrogens is 361 g/mol. The van der Waals surface area contributed by atoms with E-state index in [0.29, 0.717) is 28.1 Å². The highest BCUT2D eigenvalue weighted by Gasteiger charge is 2.11. The number of anilines is 2. The Labute approximate surface area is 154 Å². The maximum Gasteiger partial charge on any atom is 0.276 e. The SMILES string of the molecule is O=C(Nc1ccc(Cl)cc1Cl)c1ccc(NCc2ccncc2)nn1. The standard InChI is InChI=1S/C17H13Cl2N5O/c18-12-1-2-14(13(19)9-12)22-17(25)15-3-4-16(24-23-15)21-10-11-5-7-20-8-6-11/h1-9H,10H2,(H,21,24)(H,22,25). The van der Waals surface area contributed by atoms with E-state index in [-0.39, 0.29) is 5.69 Å². The smallest absolute Gasteiger partial charge is 0.276 e. The van der Waals surface area contributed by atoms with Crippen molar-refractivity contribution in [3.8, 4) is 0 Å². The summed E-state index contributed by atoms with van der Waals surface area (Å²) in [6, 6.07) is 11.9. The van der Waals surface area contributed by atoms with Gasteiger partial charge in [-0.25, -0.2) is 0 Å². The van der Waals surface area contributed by atoms with Crippen LogP contribution in [0, 0.1) is 0 Å². The summed E-state index contributed by atoms with van der Waals surface area (Å²) >= 11 is 11.9. The fraction of sp³-hybridized carbons (Fsp3) is 0.0588. The number of halogens is 2. The second-order valence-electron chi connectivity index (χ2n) is 5.09. The Bertz CT molecular complexity index is 872. The number of nitrogens with zero attached hydrogens (tertiary/aromatic N) is 3. The summed E-state index contributed by atoms with van der Waals surface area (Å²) in [5, 5.41) is 14.6. The minimum Gasteiger partial charge on any atom is -0.365 e. The Kier molecular flexibility index (Phi) is 5.42. The van der Waals surface area contributed by atoms with E-state index in [1.54, 1.807) is 42.7 Å². The van der Waals surface area contributed by atoms with E-state index in [4.69, 9.17) is 23.2 Å². The molecule has 0 saturated carbocycles. The average molecular weight is 374 g/mol. The van der Waals surface area contributed by atoms with Crippen molar-refractivity contribution in [3.05, 3.63) is 76.2 Å². The molecule has 0 atom stereocenters. The molecule has 6 nitrogen and oxygen atoms in total. The van der Waals surface area contributed by atoms with Crippen LogP contribution in [0.25, 0.3) is 0 Å². The Morgan fingerprint density at radius 3 is 2.48 bits per heavy atom. The molecule has 0 bridgehead atoms. The van der Waals surface area contributed by atoms with Crippen LogP contribution < -0.4 is 10.6 Å². The maximum atomic E-state index is 12.2. The third-order valence-electron chi connectivity index (χ3n) is 3.30. The van der Waals surface area contributed by atoms with E-state index in [1.807, 2.05) is 12.1 Å². The van der Waals surface area contributed by atoms with Gasteiger partial charge in [0, 0.05) is 24.0 Å². The lowest BCUT2D eigenvalue weighted by Gasteiger charge is -2.08. The lowest BCUT2D eigenvalue weighted by atomic mass is 10.2. The second kappa shape index (κ2) is 7.92. The molecule has 0 radical (unpaired) electrons. The van der Waals surface area contributed by atoms with Crippen molar-refractivity contribution in [3.63, 3.8) is 0 Å². The van der Waals surface area contributed by atoms with Crippen molar-refractivity contribution in [2.75, 3.05) is 10.6 Å². The summed E-state index contributed by atoms with van der Waals surface area (Å²) in [7, 11) is 0. The van der Waals surface area contributed by atoms with Crippen LogP contribution in [0.3, 0.4) is 0 Å². The fourth-order valence-electron chi connectivity index (χ4n) is 2.02. The van der Waals surface area contributed by atoms with Crippen molar-refractivity contribution in [2.45, 2.75) is 6.54 Å². The molecule has 2 N–H and O–H groups in total. The quantitative estimate of drug-likeness (QED) is 0.705. The van der Waals surface area contributed by atoms with Gasteiger partial charge in [-0.1, -0.05) is 23.2 Å². The highest BCUT2D eigenvalue weighted by atomic mass is 35.5. The molecule has 0 unspecified atom stereocenters. The van der Waals surface area contributed by atoms with Crippen LogP contribution in [-0.4, -0.2) is 21.1 Å². The van der Waals surface area contributed by atoms with Gasteiger partial charge in [-0.3, -0.25) is 9.78 Å². The lowest BCUT2D eigenvalue weighted by molar-refractivity contribution is 0.102. The molecule has 25 heavy (non-hydrogen) atoms. The zero-order valence-electron chi connectivity index (χ0n) is 12.9. The van der Waals surface area contributed by atoms with Crippen LogP contribution >= 0.6 is 23.2 Å². The van der Waals surface area contributed by atoms with Crippen molar-refractivity contribution in [1.82, 2.24) is 15.2 Å². The minimum absolute atomic E-state index is 0.181. The monoisotopic (exact) mass is 373 g/mol. The van der Waals surface area contributed by atoms with Gasteiger partial charge < -0.3 is 10.6 Å². The molecule has 2 heterocycles. The predicted molar refractivity (Wildman–Crippen MR) is 98.0 cm³/mol. The first kappa shape index (κ1) is 17.1. The van der Waals surface area contributed by atoms with Crippen LogP contribution in [0.2, 0.25) is 10.0 Å². The zero-order valence-corrected chi connectivity index (χ0v) is 14.4. The minimum atomic E-state index is -0.405. The van der Waals surface area contributed by atoms with E-state index in [2.05, 4.69) is 25.8 Å². The highest BCUT2D eigenvalue weighted by molar-refractivity contribution is 6.36. The van der Waals surface area contributed by atoms with Gasteiger partial charge in [-0.05, 0) is 48.0 Å². The zero-order chi connectivity index (χ0) is 17.6. The summed E-state index contributed by atoms with van der Waals surface area (Å²) in [6.45, 7) is 0.586. The largest absolute Gasteiger partial charge is 0.365 e. The molecule has 3 rings (SSSR count). The summed E-state index contributed by atoms with van der Waals surface area (Å²) in [5.41, 5.74) is 1.70. The Hall–Kier alpha value is -2.70. The fourth-order valence-corrected chi connectivity index (χ4v) is 2.47. The number of hydrogen-bond acceptors (Lipinski definition) is 5. The first-order valence-corrected chi connectivity index (χ1v) is 8.10. The van der Waals surface area contributed by atoms with E-state index < -0.39 is 5.91 Å². The van der Waals surface area contributed by atoms with E-state index in [0.717, 1.165) is 5.56 Å². The molecule has 126 valence electrons. The third kappa shape index (κ3) is 4.65. The topological polar surface area (TPSA) is 79.8 Å². The van der Waals surface area contributed by atoms with Gasteiger partial charge in [-0.15, -0.1) is 10.2 Å². The number of rotatable bonds is 5. The summed E-state index contributed by atoms with van der Waals surface area (Å²) in [4.78, 5) is 16.2. The number of hydrogen-bond donors (Lipinski definition) is 2. The lowest BCUT2D eigenvalue weighted by Crippen LogP contribution is -2.15. The molecular formula is C17H13Cl2N5O. The van der Waals surface area contributed by atoms with Crippen molar-refractivity contribution in [2.24, 2.45) is 0 Å². The number of nitrogens with one attached hydrogen (secondary N) is 2. The number of amides is 1. The number of pyridine rings is 1. The predicted octanol–water partition coefficient (Wildman–Crippen LogP) is 4.04. The highest BCUT2D eigenvalue weighted by Crippen LogP contribution is 2.25. The van der Waals surface area contributed by atoms with Crippen molar-refractivity contribution < 1.29 is 4.79 Å². The molecule has 0 aliphatic heterocycles. The number of carbonyl (C=O) groups is 1. The first-order chi connectivity index (χ1) is 12.1. The molecule has 1 amide bonds. The summed E-state index contributed by atoms with van der Waals surface area (Å²) in [6.07, 6.45) is 3.44. The number of benzene rings is 1. The average Bonchev–Trinajstić information content (AvgIpc) is 2.63. The maximum absolute atomic E-state index is 12.2. The molecule has 3 aromatic rings. The second-order valence-corrected chi connectivity index (χ2v) is 5.93. The van der Waals surface area contributed by atoms with Crippen molar-refractivity contribution >= 4 is 40.6 Å². The van der Waals surface area contributed by atoms with Gasteiger partial charge in [0.15, 0.2) is 5.69 Å². The van der Waals surface area contributed by atoms with E-state index in [1.165, 1.54) is 0 Å². The Morgan fingerprint density at radius 1 is 1.00 bits per heavy atom. The summed E-state index contributed by atoms with van der Waals surface area (Å²) < 4.78 is 0. The molecule has 2 aromatic heterocycles. The Morgan fingerprint density at radius 2 is 1.80 bits per heavy atom. The molecule has 0 aliphatic carbocycles. The molecule has 0 spiro atoms. The molecule has 0 aliphatic rings. The molecule has 0 saturated heterocycles. The van der Waals surface area contributed by atoms with Gasteiger partial charge in [0.05, 0.1) is 10.7 Å². The van der Waals surface area contributed by atoms with Crippen LogP contribution in [0.15, 0.2) is 54.9 Å². The summed E-state index contributed by atoms with van der Waals surface area (Å²) in [5.74, 6) is 0.162. The van der Waals surface area contributed by atoms with Crippen LogP contribution in [-0.2, 0) is 6.54 Å². The Balaban J connectivity index is 1.62. The van der Waals surface area contributed by atoms with Gasteiger partial charge in [0.25, 0.3) is 5.91 Å². The van der Waals surface area contributed by atoms with Crippen LogP contribution in [0.5, 0.6) is 0 Å². The van der Waals surface area contributed by atoms with Crippen LogP contribution in [0.1, 0.15) is 16.1 Å². The molecule has 8 heteroatoms. The van der Waals surface area contributed by atoms with E-state index >= 15 is 0 Å². The number of aromatic nitrogens is 3. The molecule has 1 aromatic carbocycles. The van der Waals surface area contributed by atoms with Gasteiger partial charge in [0.1, 0.15) is 5.82 Å². The van der Waals surface area contributed by atoms with Gasteiger partial charge in [0.2, 0.25) is 0 Å². The van der Waals surface area contributed by atoms with Crippen molar-refractivity contribution in [1.29, 1.82) is 0 Å². The van der Waals surface area contributed by atoms with Crippen LogP contribution in [0.4, 0.5) is 11.5 Å².